The van der Waals surface area contributed by atoms with E-state index in [4.69, 9.17) is 4.74 Å². The van der Waals surface area contributed by atoms with Crippen LogP contribution in [0.3, 0.4) is 0 Å². The standard InChI is InChI=1S/C20H18N2O5S/c1-15-2-12-20(13-3-15)28(25,26)21-17-6-10-19(11-7-17)27-14-16-4-8-18(9-5-16)22(23)24/h2-13,21H,14H2,1H3. The number of nitrogens with zero attached hydrogens (tertiary/aromatic N) is 1. The highest BCUT2D eigenvalue weighted by Gasteiger charge is 2.13. The molecule has 28 heavy (non-hydrogen) atoms. The Bertz CT molecular complexity index is 1060. The molecule has 0 bridgehead atoms. The molecule has 0 fully saturated rings. The number of nitrogens with one attached hydrogen (secondary N) is 1. The summed E-state index contributed by atoms with van der Waals surface area (Å²) in [5.74, 6) is 0.552. The van der Waals surface area contributed by atoms with E-state index in [-0.39, 0.29) is 17.2 Å². The van der Waals surface area contributed by atoms with Crippen molar-refractivity contribution in [1.82, 2.24) is 0 Å². The Morgan fingerprint density at radius 3 is 2.11 bits per heavy atom. The summed E-state index contributed by atoms with van der Waals surface area (Å²) in [5, 5.41) is 10.7. The zero-order chi connectivity index (χ0) is 20.1. The summed E-state index contributed by atoms with van der Waals surface area (Å²) < 4.78 is 32.9. The molecule has 0 aliphatic carbocycles. The fourth-order valence-corrected chi connectivity index (χ4v) is 3.49. The van der Waals surface area contributed by atoms with Crippen LogP contribution in [0, 0.1) is 17.0 Å². The molecule has 0 saturated heterocycles. The van der Waals surface area contributed by atoms with Crippen molar-refractivity contribution in [2.75, 3.05) is 4.72 Å². The molecule has 0 radical (unpaired) electrons. The first kappa shape index (κ1) is 19.4. The van der Waals surface area contributed by atoms with Gasteiger partial charge in [-0.1, -0.05) is 17.7 Å². The maximum Gasteiger partial charge on any atom is 0.269 e. The van der Waals surface area contributed by atoms with Gasteiger partial charge >= 0.3 is 0 Å². The number of anilines is 1. The summed E-state index contributed by atoms with van der Waals surface area (Å²) in [6, 6.07) is 19.2. The minimum absolute atomic E-state index is 0.0222. The third-order valence-corrected chi connectivity index (χ3v) is 5.39. The zero-order valence-corrected chi connectivity index (χ0v) is 15.8. The highest BCUT2D eigenvalue weighted by atomic mass is 32.2. The molecule has 0 spiro atoms. The van der Waals surface area contributed by atoms with Gasteiger partial charge in [-0.2, -0.15) is 0 Å². The quantitative estimate of drug-likeness (QED) is 0.473. The van der Waals surface area contributed by atoms with E-state index >= 15 is 0 Å². The minimum Gasteiger partial charge on any atom is -0.489 e. The number of nitro groups is 1. The van der Waals surface area contributed by atoms with Gasteiger partial charge in [0.1, 0.15) is 12.4 Å². The summed E-state index contributed by atoms with van der Waals surface area (Å²) >= 11 is 0. The molecule has 144 valence electrons. The van der Waals surface area contributed by atoms with Crippen molar-refractivity contribution in [3.8, 4) is 5.75 Å². The molecule has 0 aliphatic heterocycles. The van der Waals surface area contributed by atoms with E-state index < -0.39 is 14.9 Å². The number of benzene rings is 3. The van der Waals surface area contributed by atoms with Crippen molar-refractivity contribution in [1.29, 1.82) is 0 Å². The fourth-order valence-electron chi connectivity index (χ4n) is 2.43. The Balaban J connectivity index is 1.61. The summed E-state index contributed by atoms with van der Waals surface area (Å²) in [4.78, 5) is 10.4. The van der Waals surface area contributed by atoms with Crippen LogP contribution in [-0.2, 0) is 16.6 Å². The van der Waals surface area contributed by atoms with E-state index in [1.807, 2.05) is 6.92 Å². The highest BCUT2D eigenvalue weighted by Crippen LogP contribution is 2.21. The molecule has 3 rings (SSSR count). The van der Waals surface area contributed by atoms with E-state index in [1.54, 1.807) is 60.7 Å². The van der Waals surface area contributed by atoms with Gasteiger partial charge in [0.05, 0.1) is 9.82 Å². The highest BCUT2D eigenvalue weighted by molar-refractivity contribution is 7.92. The van der Waals surface area contributed by atoms with Crippen molar-refractivity contribution >= 4 is 21.4 Å². The lowest BCUT2D eigenvalue weighted by molar-refractivity contribution is -0.384. The van der Waals surface area contributed by atoms with Gasteiger partial charge in [0, 0.05) is 17.8 Å². The third kappa shape index (κ3) is 4.86. The van der Waals surface area contributed by atoms with Crippen LogP contribution in [0.25, 0.3) is 0 Å². The average molecular weight is 398 g/mol. The summed E-state index contributed by atoms with van der Waals surface area (Å²) in [6.07, 6.45) is 0. The van der Waals surface area contributed by atoms with E-state index in [1.165, 1.54) is 12.1 Å². The molecule has 0 heterocycles. The van der Waals surface area contributed by atoms with Crippen molar-refractivity contribution < 1.29 is 18.1 Å². The van der Waals surface area contributed by atoms with E-state index in [0.29, 0.717) is 11.4 Å². The minimum atomic E-state index is -3.66. The number of hydrogen-bond acceptors (Lipinski definition) is 5. The van der Waals surface area contributed by atoms with Crippen LogP contribution in [0.15, 0.2) is 77.7 Å². The zero-order valence-electron chi connectivity index (χ0n) is 15.0. The Hall–Kier alpha value is -3.39. The van der Waals surface area contributed by atoms with Crippen LogP contribution >= 0.6 is 0 Å². The van der Waals surface area contributed by atoms with Crippen LogP contribution < -0.4 is 9.46 Å². The second-order valence-corrected chi connectivity index (χ2v) is 7.84. The predicted octanol–water partition coefficient (Wildman–Crippen LogP) is 4.28. The molecular weight excluding hydrogens is 380 g/mol. The van der Waals surface area contributed by atoms with Crippen molar-refractivity contribution in [2.45, 2.75) is 18.4 Å². The molecule has 0 aromatic heterocycles. The second-order valence-electron chi connectivity index (χ2n) is 6.16. The molecule has 3 aromatic carbocycles. The molecule has 3 aromatic rings. The van der Waals surface area contributed by atoms with Gasteiger partial charge in [-0.25, -0.2) is 8.42 Å². The topological polar surface area (TPSA) is 98.5 Å². The molecule has 1 N–H and O–H groups in total. The van der Waals surface area contributed by atoms with Crippen LogP contribution in [0.2, 0.25) is 0 Å². The van der Waals surface area contributed by atoms with Crippen LogP contribution in [0.1, 0.15) is 11.1 Å². The average Bonchev–Trinajstić information content (AvgIpc) is 2.68. The SMILES string of the molecule is Cc1ccc(S(=O)(=O)Nc2ccc(OCc3ccc([N+](=O)[O-])cc3)cc2)cc1. The number of rotatable bonds is 7. The summed E-state index contributed by atoms with van der Waals surface area (Å²) in [7, 11) is -3.66. The normalized spacial score (nSPS) is 11.0. The van der Waals surface area contributed by atoms with Gasteiger partial charge in [-0.05, 0) is 61.0 Å². The Morgan fingerprint density at radius 2 is 1.54 bits per heavy atom. The molecule has 8 heteroatoms. The van der Waals surface area contributed by atoms with Crippen LogP contribution in [0.4, 0.5) is 11.4 Å². The predicted molar refractivity (Wildman–Crippen MR) is 106 cm³/mol. The van der Waals surface area contributed by atoms with Gasteiger partial charge in [0.2, 0.25) is 0 Å². The summed E-state index contributed by atoms with van der Waals surface area (Å²) in [6.45, 7) is 2.13. The van der Waals surface area contributed by atoms with E-state index in [9.17, 15) is 18.5 Å². The van der Waals surface area contributed by atoms with Gasteiger partial charge in [0.15, 0.2) is 0 Å². The first-order chi connectivity index (χ1) is 13.3. The van der Waals surface area contributed by atoms with E-state index in [2.05, 4.69) is 4.72 Å². The van der Waals surface area contributed by atoms with Crippen molar-refractivity contribution in [2.24, 2.45) is 0 Å². The number of non-ortho nitro benzene ring substituents is 1. The smallest absolute Gasteiger partial charge is 0.269 e. The number of hydrogen-bond donors (Lipinski definition) is 1. The van der Waals surface area contributed by atoms with Gasteiger partial charge in [0.25, 0.3) is 15.7 Å². The van der Waals surface area contributed by atoms with Gasteiger partial charge in [-0.15, -0.1) is 0 Å². The molecule has 0 amide bonds. The molecule has 0 unspecified atom stereocenters. The van der Waals surface area contributed by atoms with Gasteiger partial charge < -0.3 is 4.74 Å². The third-order valence-electron chi connectivity index (χ3n) is 3.99. The lowest BCUT2D eigenvalue weighted by Gasteiger charge is -2.10. The first-order valence-corrected chi connectivity index (χ1v) is 9.87. The molecule has 0 atom stereocenters. The molecular formula is C20H18N2O5S. The first-order valence-electron chi connectivity index (χ1n) is 8.39. The Kier molecular flexibility index (Phi) is 5.60. The maximum absolute atomic E-state index is 12.4. The largest absolute Gasteiger partial charge is 0.489 e. The number of nitro benzene ring substituents is 1. The van der Waals surface area contributed by atoms with Crippen molar-refractivity contribution in [3.05, 3.63) is 94.0 Å². The lowest BCUT2D eigenvalue weighted by Crippen LogP contribution is -2.12. The van der Waals surface area contributed by atoms with Crippen LogP contribution in [0.5, 0.6) is 5.75 Å². The molecule has 7 nitrogen and oxygen atoms in total. The molecule has 0 saturated carbocycles. The van der Waals surface area contributed by atoms with Gasteiger partial charge in [-0.3, -0.25) is 14.8 Å². The summed E-state index contributed by atoms with van der Waals surface area (Å²) in [5.41, 5.74) is 2.21. The Labute approximate surface area is 162 Å². The van der Waals surface area contributed by atoms with Crippen molar-refractivity contribution in [3.63, 3.8) is 0 Å². The Morgan fingerprint density at radius 1 is 0.929 bits per heavy atom. The lowest BCUT2D eigenvalue weighted by atomic mass is 10.2. The van der Waals surface area contributed by atoms with Crippen LogP contribution in [-0.4, -0.2) is 13.3 Å². The number of sulfonamides is 1. The maximum atomic E-state index is 12.4. The number of aryl methyl sites for hydroxylation is 1. The second kappa shape index (κ2) is 8.10. The fraction of sp³-hybridized carbons (Fsp3) is 0.100. The number of ether oxygens (including phenoxy) is 1. The van der Waals surface area contributed by atoms with E-state index in [0.717, 1.165) is 11.1 Å². The molecule has 0 aliphatic rings. The monoisotopic (exact) mass is 398 g/mol.